The zero-order chi connectivity index (χ0) is 8.97. The van der Waals surface area contributed by atoms with Crippen molar-refractivity contribution in [3.63, 3.8) is 0 Å². The molecule has 0 aliphatic heterocycles. The Kier molecular flexibility index (Phi) is 2.66. The summed E-state index contributed by atoms with van der Waals surface area (Å²) in [4.78, 5) is 10.3. The van der Waals surface area contributed by atoms with Crippen LogP contribution in [0.5, 0.6) is 5.75 Å². The maximum atomic E-state index is 10.3. The van der Waals surface area contributed by atoms with E-state index in [4.69, 9.17) is 10.6 Å². The van der Waals surface area contributed by atoms with Crippen LogP contribution in [-0.2, 0) is 4.79 Å². The van der Waals surface area contributed by atoms with Crippen molar-refractivity contribution in [3.05, 3.63) is 24.3 Å². The van der Waals surface area contributed by atoms with Crippen molar-refractivity contribution in [2.45, 2.75) is 0 Å². The maximum absolute atomic E-state index is 10.3. The molecule has 0 spiro atoms. The van der Waals surface area contributed by atoms with Gasteiger partial charge in [0.1, 0.15) is 5.75 Å². The number of carbonyl (C=O) groups excluding carboxylic acids is 1. The molecule has 0 unspecified atom stereocenters. The van der Waals surface area contributed by atoms with Gasteiger partial charge in [-0.1, -0.05) is 6.07 Å². The van der Waals surface area contributed by atoms with Crippen LogP contribution in [0, 0.1) is 0 Å². The highest BCUT2D eigenvalue weighted by Gasteiger charge is 1.99. The van der Waals surface area contributed by atoms with E-state index in [1.165, 1.54) is 0 Å². The second-order valence-corrected chi connectivity index (χ2v) is 2.21. The molecule has 4 heteroatoms. The fourth-order valence-electron chi connectivity index (χ4n) is 0.832. The van der Waals surface area contributed by atoms with E-state index in [9.17, 15) is 4.79 Å². The third-order valence-electron chi connectivity index (χ3n) is 1.47. The Morgan fingerprint density at radius 1 is 1.58 bits per heavy atom. The first kappa shape index (κ1) is 8.55. The van der Waals surface area contributed by atoms with Gasteiger partial charge in [0.25, 0.3) is 0 Å². The lowest BCUT2D eigenvalue weighted by molar-refractivity contribution is -0.107. The van der Waals surface area contributed by atoms with Gasteiger partial charge in [-0.2, -0.15) is 0 Å². The largest absolute Gasteiger partial charge is 0.497 e. The number of ether oxygens (including phenoxy) is 1. The number of hydrazine groups is 1. The number of nitrogens with zero attached hydrogens (tertiary/aromatic N) is 1. The summed E-state index contributed by atoms with van der Waals surface area (Å²) in [5, 5.41) is 0.989. The number of hydrogen-bond donors (Lipinski definition) is 1. The topological polar surface area (TPSA) is 55.6 Å². The zero-order valence-electron chi connectivity index (χ0n) is 6.73. The third kappa shape index (κ3) is 1.73. The first-order chi connectivity index (χ1) is 5.77. The molecule has 0 fully saturated rings. The SMILES string of the molecule is COc1cccc(N(N)C=O)c1. The highest BCUT2D eigenvalue weighted by Crippen LogP contribution is 2.17. The van der Waals surface area contributed by atoms with Crippen LogP contribution in [0.15, 0.2) is 24.3 Å². The Morgan fingerprint density at radius 2 is 2.33 bits per heavy atom. The molecule has 2 N–H and O–H groups in total. The van der Waals surface area contributed by atoms with E-state index in [1.807, 2.05) is 0 Å². The third-order valence-corrected chi connectivity index (χ3v) is 1.47. The number of methoxy groups -OCH3 is 1. The highest BCUT2D eigenvalue weighted by atomic mass is 16.5. The summed E-state index contributed by atoms with van der Waals surface area (Å²) in [6, 6.07) is 6.94. The standard InChI is InChI=1S/C8H10N2O2/c1-12-8-4-2-3-7(5-8)10(9)6-11/h2-6H,9H2,1H3. The smallest absolute Gasteiger partial charge is 0.228 e. The van der Waals surface area contributed by atoms with Gasteiger partial charge < -0.3 is 4.74 Å². The molecule has 12 heavy (non-hydrogen) atoms. The van der Waals surface area contributed by atoms with Crippen molar-refractivity contribution in [3.8, 4) is 5.75 Å². The summed E-state index contributed by atoms with van der Waals surface area (Å²) in [6.45, 7) is 0. The summed E-state index contributed by atoms with van der Waals surface area (Å²) in [7, 11) is 1.56. The molecule has 0 heterocycles. The lowest BCUT2D eigenvalue weighted by Gasteiger charge is -2.10. The molecule has 1 rings (SSSR count). The molecule has 0 saturated carbocycles. The van der Waals surface area contributed by atoms with Gasteiger partial charge in [-0.25, -0.2) is 5.84 Å². The first-order valence-corrected chi connectivity index (χ1v) is 3.41. The quantitative estimate of drug-likeness (QED) is 0.308. The molecule has 1 aromatic rings. The molecule has 0 radical (unpaired) electrons. The Hall–Kier alpha value is -1.55. The minimum Gasteiger partial charge on any atom is -0.497 e. The summed E-state index contributed by atoms with van der Waals surface area (Å²) in [5.74, 6) is 6.00. The van der Waals surface area contributed by atoms with Crippen molar-refractivity contribution in [2.24, 2.45) is 5.84 Å². The monoisotopic (exact) mass is 166 g/mol. The van der Waals surface area contributed by atoms with Crippen molar-refractivity contribution >= 4 is 12.1 Å². The van der Waals surface area contributed by atoms with Crippen molar-refractivity contribution in [1.29, 1.82) is 0 Å². The molecule has 0 aliphatic carbocycles. The number of nitrogens with two attached hydrogens (primary N) is 1. The van der Waals surface area contributed by atoms with Crippen LogP contribution in [0.25, 0.3) is 0 Å². The number of carbonyl (C=O) groups is 1. The maximum Gasteiger partial charge on any atom is 0.228 e. The lowest BCUT2D eigenvalue weighted by Crippen LogP contribution is -2.28. The van der Waals surface area contributed by atoms with Crippen LogP contribution in [0.3, 0.4) is 0 Å². The van der Waals surface area contributed by atoms with Crippen molar-refractivity contribution in [1.82, 2.24) is 0 Å². The van der Waals surface area contributed by atoms with Crippen LogP contribution in [0.4, 0.5) is 5.69 Å². The summed E-state index contributed by atoms with van der Waals surface area (Å²) in [5.41, 5.74) is 0.601. The number of benzene rings is 1. The van der Waals surface area contributed by atoms with Gasteiger partial charge in [-0.3, -0.25) is 9.80 Å². The van der Waals surface area contributed by atoms with E-state index in [0.717, 1.165) is 5.01 Å². The molecule has 0 aromatic heterocycles. The van der Waals surface area contributed by atoms with Gasteiger partial charge >= 0.3 is 0 Å². The number of rotatable bonds is 3. The average Bonchev–Trinajstić information content (AvgIpc) is 2.17. The molecule has 1 aromatic carbocycles. The van der Waals surface area contributed by atoms with Crippen LogP contribution < -0.4 is 15.6 Å². The fraction of sp³-hybridized carbons (Fsp3) is 0.125. The summed E-state index contributed by atoms with van der Waals surface area (Å²) < 4.78 is 4.95. The Bertz CT molecular complexity index is 276. The molecule has 1 amide bonds. The number of amides is 1. The van der Waals surface area contributed by atoms with Gasteiger partial charge in [0.15, 0.2) is 0 Å². The second kappa shape index (κ2) is 3.73. The van der Waals surface area contributed by atoms with Gasteiger partial charge in [-0.05, 0) is 12.1 Å². The van der Waals surface area contributed by atoms with E-state index in [2.05, 4.69) is 0 Å². The summed E-state index contributed by atoms with van der Waals surface area (Å²) >= 11 is 0. The first-order valence-electron chi connectivity index (χ1n) is 3.41. The van der Waals surface area contributed by atoms with Crippen LogP contribution in [-0.4, -0.2) is 13.5 Å². The van der Waals surface area contributed by atoms with Crippen LogP contribution in [0.1, 0.15) is 0 Å². The van der Waals surface area contributed by atoms with Gasteiger partial charge in [0.2, 0.25) is 6.41 Å². The molecular weight excluding hydrogens is 156 g/mol. The minimum atomic E-state index is 0.536. The molecule has 0 bridgehead atoms. The van der Waals surface area contributed by atoms with Gasteiger partial charge in [0.05, 0.1) is 12.8 Å². The predicted molar refractivity (Wildman–Crippen MR) is 45.7 cm³/mol. The second-order valence-electron chi connectivity index (χ2n) is 2.21. The lowest BCUT2D eigenvalue weighted by atomic mass is 10.3. The van der Waals surface area contributed by atoms with Crippen molar-refractivity contribution in [2.75, 3.05) is 12.1 Å². The Morgan fingerprint density at radius 3 is 2.92 bits per heavy atom. The number of hydrogen-bond acceptors (Lipinski definition) is 3. The normalized spacial score (nSPS) is 9.17. The predicted octanol–water partition coefficient (Wildman–Crippen LogP) is 0.532. The zero-order valence-corrected chi connectivity index (χ0v) is 6.73. The molecule has 0 saturated heterocycles. The molecule has 0 aliphatic rings. The van der Waals surface area contributed by atoms with Crippen molar-refractivity contribution < 1.29 is 9.53 Å². The van der Waals surface area contributed by atoms with Gasteiger partial charge in [0, 0.05) is 6.07 Å². The van der Waals surface area contributed by atoms with E-state index >= 15 is 0 Å². The van der Waals surface area contributed by atoms with E-state index < -0.39 is 0 Å². The molecular formula is C8H10N2O2. The van der Waals surface area contributed by atoms with E-state index in [-0.39, 0.29) is 0 Å². The van der Waals surface area contributed by atoms with Crippen LogP contribution in [0.2, 0.25) is 0 Å². The average molecular weight is 166 g/mol. The van der Waals surface area contributed by atoms with E-state index in [0.29, 0.717) is 17.8 Å². The highest BCUT2D eigenvalue weighted by molar-refractivity contribution is 5.73. The van der Waals surface area contributed by atoms with E-state index in [1.54, 1.807) is 31.4 Å². The van der Waals surface area contributed by atoms with Crippen LogP contribution >= 0.6 is 0 Å². The van der Waals surface area contributed by atoms with Gasteiger partial charge in [-0.15, -0.1) is 0 Å². The Labute approximate surface area is 70.5 Å². The number of anilines is 1. The molecule has 64 valence electrons. The summed E-state index contributed by atoms with van der Waals surface area (Å²) in [6.07, 6.45) is 0.536. The Balaban J connectivity index is 2.93. The minimum absolute atomic E-state index is 0.536. The fourth-order valence-corrected chi connectivity index (χ4v) is 0.832. The molecule has 0 atom stereocenters. The molecule has 4 nitrogen and oxygen atoms in total.